The van der Waals surface area contributed by atoms with Crippen molar-refractivity contribution in [1.29, 1.82) is 0 Å². The minimum absolute atomic E-state index is 0.569. The zero-order valence-electron chi connectivity index (χ0n) is 10.1. The molecule has 0 heterocycles. The SMILES string of the molecule is Cc1cc(Br)c(NC(=S)NCC(C)C)c(Br)c1. The summed E-state index contributed by atoms with van der Waals surface area (Å²) in [7, 11) is 0. The van der Waals surface area contributed by atoms with E-state index in [1.807, 2.05) is 0 Å². The number of halogens is 2. The van der Waals surface area contributed by atoms with Gasteiger partial charge in [-0.1, -0.05) is 13.8 Å². The van der Waals surface area contributed by atoms with Gasteiger partial charge < -0.3 is 10.6 Å². The van der Waals surface area contributed by atoms with Crippen molar-refractivity contribution in [2.75, 3.05) is 11.9 Å². The molecular formula is C12H16Br2N2S. The fourth-order valence-corrected chi connectivity index (χ4v) is 3.07. The summed E-state index contributed by atoms with van der Waals surface area (Å²) in [6.45, 7) is 7.21. The quantitative estimate of drug-likeness (QED) is 0.758. The van der Waals surface area contributed by atoms with Gasteiger partial charge in [0, 0.05) is 15.5 Å². The molecule has 2 nitrogen and oxygen atoms in total. The molecule has 0 spiro atoms. The Morgan fingerprint density at radius 1 is 1.29 bits per heavy atom. The number of hydrogen-bond acceptors (Lipinski definition) is 1. The summed E-state index contributed by atoms with van der Waals surface area (Å²) in [5, 5.41) is 7.01. The minimum Gasteiger partial charge on any atom is -0.362 e. The Morgan fingerprint density at radius 3 is 2.29 bits per heavy atom. The largest absolute Gasteiger partial charge is 0.362 e. The van der Waals surface area contributed by atoms with Crippen molar-refractivity contribution in [2.24, 2.45) is 5.92 Å². The third-order valence-corrected chi connectivity index (χ3v) is 3.59. The lowest BCUT2D eigenvalue weighted by Gasteiger charge is -2.15. The van der Waals surface area contributed by atoms with Crippen LogP contribution in [0.15, 0.2) is 21.1 Å². The van der Waals surface area contributed by atoms with Crippen molar-refractivity contribution >= 4 is 54.9 Å². The molecule has 0 aliphatic heterocycles. The van der Waals surface area contributed by atoms with Gasteiger partial charge in [-0.15, -0.1) is 0 Å². The van der Waals surface area contributed by atoms with E-state index in [1.165, 1.54) is 5.56 Å². The molecule has 0 bridgehead atoms. The van der Waals surface area contributed by atoms with Crippen molar-refractivity contribution in [1.82, 2.24) is 5.32 Å². The van der Waals surface area contributed by atoms with Gasteiger partial charge in [-0.2, -0.15) is 0 Å². The zero-order chi connectivity index (χ0) is 13.0. The number of thiocarbonyl (C=S) groups is 1. The smallest absolute Gasteiger partial charge is 0.170 e. The molecule has 5 heteroatoms. The predicted molar refractivity (Wildman–Crippen MR) is 85.6 cm³/mol. The van der Waals surface area contributed by atoms with Gasteiger partial charge in [0.05, 0.1) is 5.69 Å². The van der Waals surface area contributed by atoms with Crippen LogP contribution < -0.4 is 10.6 Å². The molecule has 17 heavy (non-hydrogen) atoms. The van der Waals surface area contributed by atoms with Gasteiger partial charge in [0.2, 0.25) is 0 Å². The molecule has 1 aromatic carbocycles. The standard InChI is InChI=1S/C12H16Br2N2S/c1-7(2)6-15-12(17)16-11-9(13)4-8(3)5-10(11)14/h4-5,7H,6H2,1-3H3,(H2,15,16,17). The first-order valence-corrected chi connectivity index (χ1v) is 7.40. The number of rotatable bonds is 3. The van der Waals surface area contributed by atoms with Crippen molar-refractivity contribution < 1.29 is 0 Å². The maximum atomic E-state index is 5.24. The van der Waals surface area contributed by atoms with Crippen molar-refractivity contribution in [3.05, 3.63) is 26.6 Å². The molecule has 1 aromatic rings. The molecule has 0 atom stereocenters. The van der Waals surface area contributed by atoms with Crippen LogP contribution in [-0.4, -0.2) is 11.7 Å². The van der Waals surface area contributed by atoms with E-state index >= 15 is 0 Å². The second-order valence-corrected chi connectivity index (χ2v) is 6.45. The fraction of sp³-hybridized carbons (Fsp3) is 0.417. The summed E-state index contributed by atoms with van der Waals surface area (Å²) in [6.07, 6.45) is 0. The van der Waals surface area contributed by atoms with E-state index in [2.05, 4.69) is 75.4 Å². The number of benzene rings is 1. The molecule has 0 radical (unpaired) electrons. The Kier molecular flexibility index (Phi) is 5.89. The highest BCUT2D eigenvalue weighted by Gasteiger charge is 2.07. The van der Waals surface area contributed by atoms with Crippen LogP contribution in [0.3, 0.4) is 0 Å². The number of anilines is 1. The van der Waals surface area contributed by atoms with Crippen LogP contribution in [0.25, 0.3) is 0 Å². The Bertz CT molecular complexity index is 396. The normalized spacial score (nSPS) is 10.5. The highest BCUT2D eigenvalue weighted by Crippen LogP contribution is 2.32. The molecule has 0 aromatic heterocycles. The molecule has 0 unspecified atom stereocenters. The number of hydrogen-bond donors (Lipinski definition) is 2. The van der Waals surface area contributed by atoms with Crippen LogP contribution in [0.4, 0.5) is 5.69 Å². The van der Waals surface area contributed by atoms with E-state index in [9.17, 15) is 0 Å². The number of nitrogens with one attached hydrogen (secondary N) is 2. The van der Waals surface area contributed by atoms with Gasteiger partial charge in [-0.3, -0.25) is 0 Å². The highest BCUT2D eigenvalue weighted by atomic mass is 79.9. The summed E-state index contributed by atoms with van der Waals surface area (Å²) in [5.74, 6) is 0.569. The first-order chi connectivity index (χ1) is 7.90. The van der Waals surface area contributed by atoms with Gasteiger partial charge >= 0.3 is 0 Å². The van der Waals surface area contributed by atoms with Crippen molar-refractivity contribution in [3.8, 4) is 0 Å². The van der Waals surface area contributed by atoms with Gasteiger partial charge in [0.25, 0.3) is 0 Å². The predicted octanol–water partition coefficient (Wildman–Crippen LogP) is 4.46. The molecule has 0 aliphatic carbocycles. The topological polar surface area (TPSA) is 24.1 Å². The summed E-state index contributed by atoms with van der Waals surface area (Å²) in [6, 6.07) is 4.11. The fourth-order valence-electron chi connectivity index (χ4n) is 1.27. The first kappa shape index (κ1) is 14.9. The molecule has 0 saturated carbocycles. The Balaban J connectivity index is 2.72. The molecule has 0 saturated heterocycles. The second-order valence-electron chi connectivity index (χ2n) is 4.33. The van der Waals surface area contributed by atoms with E-state index < -0.39 is 0 Å². The minimum atomic E-state index is 0.569. The second kappa shape index (κ2) is 6.71. The van der Waals surface area contributed by atoms with Crippen molar-refractivity contribution in [3.63, 3.8) is 0 Å². The Hall–Kier alpha value is -0.130. The lowest BCUT2D eigenvalue weighted by atomic mass is 10.2. The average Bonchev–Trinajstić information content (AvgIpc) is 2.20. The van der Waals surface area contributed by atoms with E-state index in [1.54, 1.807) is 0 Å². The monoisotopic (exact) mass is 378 g/mol. The van der Waals surface area contributed by atoms with Gasteiger partial charge in [0.15, 0.2) is 5.11 Å². The highest BCUT2D eigenvalue weighted by molar-refractivity contribution is 9.11. The summed E-state index contributed by atoms with van der Waals surface area (Å²) in [5.41, 5.74) is 2.15. The number of aryl methyl sites for hydroxylation is 1. The first-order valence-electron chi connectivity index (χ1n) is 5.40. The maximum absolute atomic E-state index is 5.24. The van der Waals surface area contributed by atoms with Crippen LogP contribution >= 0.6 is 44.1 Å². The molecule has 0 fully saturated rings. The molecule has 1 rings (SSSR count). The third-order valence-electron chi connectivity index (χ3n) is 2.10. The summed E-state index contributed by atoms with van der Waals surface area (Å²) < 4.78 is 2.00. The van der Waals surface area contributed by atoms with E-state index in [0.29, 0.717) is 11.0 Å². The molecule has 0 amide bonds. The molecular weight excluding hydrogens is 364 g/mol. The Labute approximate surface area is 125 Å². The lowest BCUT2D eigenvalue weighted by Crippen LogP contribution is -2.31. The van der Waals surface area contributed by atoms with Crippen LogP contribution in [0, 0.1) is 12.8 Å². The van der Waals surface area contributed by atoms with Gasteiger partial charge in [-0.25, -0.2) is 0 Å². The maximum Gasteiger partial charge on any atom is 0.170 e. The summed E-state index contributed by atoms with van der Waals surface area (Å²) in [4.78, 5) is 0. The van der Waals surface area contributed by atoms with Crippen LogP contribution in [-0.2, 0) is 0 Å². The summed E-state index contributed by atoms with van der Waals surface area (Å²) >= 11 is 12.3. The van der Waals surface area contributed by atoms with Gasteiger partial charge in [-0.05, 0) is 74.6 Å². The van der Waals surface area contributed by atoms with E-state index in [4.69, 9.17) is 12.2 Å². The molecule has 0 aliphatic rings. The van der Waals surface area contributed by atoms with Crippen LogP contribution in [0.5, 0.6) is 0 Å². The lowest BCUT2D eigenvalue weighted by molar-refractivity contribution is 0.627. The third kappa shape index (κ3) is 4.94. The van der Waals surface area contributed by atoms with E-state index in [-0.39, 0.29) is 0 Å². The zero-order valence-corrected chi connectivity index (χ0v) is 14.1. The molecule has 2 N–H and O–H groups in total. The Morgan fingerprint density at radius 2 is 1.82 bits per heavy atom. The van der Waals surface area contributed by atoms with Crippen LogP contribution in [0.2, 0.25) is 0 Å². The van der Waals surface area contributed by atoms with Crippen LogP contribution in [0.1, 0.15) is 19.4 Å². The van der Waals surface area contributed by atoms with Crippen molar-refractivity contribution in [2.45, 2.75) is 20.8 Å². The average molecular weight is 380 g/mol. The van der Waals surface area contributed by atoms with E-state index in [0.717, 1.165) is 21.2 Å². The molecule has 94 valence electrons. The van der Waals surface area contributed by atoms with Gasteiger partial charge in [0.1, 0.15) is 0 Å².